The molecule has 0 aromatic carbocycles. The molecule has 0 saturated carbocycles. The van der Waals surface area contributed by atoms with Gasteiger partial charge in [-0.05, 0) is 6.92 Å². The smallest absolute Gasteiger partial charge is 0.185 e. The molecule has 0 spiro atoms. The summed E-state index contributed by atoms with van der Waals surface area (Å²) in [5.74, 6) is 0.989. The molecule has 12 heavy (non-hydrogen) atoms. The van der Waals surface area contributed by atoms with E-state index >= 15 is 0 Å². The summed E-state index contributed by atoms with van der Waals surface area (Å²) in [6, 6.07) is 0. The predicted molar refractivity (Wildman–Crippen MR) is 50.8 cm³/mol. The minimum Gasteiger partial charge on any atom is -0.471 e. The molecule has 0 aromatic rings. The van der Waals surface area contributed by atoms with E-state index in [1.54, 1.807) is 6.08 Å². The highest BCUT2D eigenvalue weighted by Crippen LogP contribution is 2.24. The van der Waals surface area contributed by atoms with Gasteiger partial charge in [-0.3, -0.25) is 0 Å². The molecule has 1 rings (SSSR count). The van der Waals surface area contributed by atoms with Gasteiger partial charge in [0.15, 0.2) is 5.90 Å². The molecular weight excluding hydrogens is 150 g/mol. The summed E-state index contributed by atoms with van der Waals surface area (Å²) in [7, 11) is 0. The molecule has 0 N–H and O–H groups in total. The molecular formula is C10H14NO. The van der Waals surface area contributed by atoms with Gasteiger partial charge in [-0.15, -0.1) is 6.58 Å². The maximum atomic E-state index is 5.49. The zero-order chi connectivity index (χ0) is 9.14. The molecule has 65 valence electrons. The fraction of sp³-hybridized carbons (Fsp3) is 0.400. The quantitative estimate of drug-likeness (QED) is 0.574. The predicted octanol–water partition coefficient (Wildman–Crippen LogP) is 2.34. The minimum absolute atomic E-state index is 0.0139. The Labute approximate surface area is 73.6 Å². The number of allylic oxidation sites excluding steroid dienone is 1. The van der Waals surface area contributed by atoms with Crippen LogP contribution in [0.2, 0.25) is 0 Å². The van der Waals surface area contributed by atoms with Crippen LogP contribution in [-0.4, -0.2) is 12.0 Å². The van der Waals surface area contributed by atoms with Gasteiger partial charge in [0.1, 0.15) is 6.10 Å². The largest absolute Gasteiger partial charge is 0.471 e. The Balaban J connectivity index is 2.77. The summed E-state index contributed by atoms with van der Waals surface area (Å²) in [6.07, 6.45) is 3.61. The molecule has 1 aliphatic rings. The lowest BCUT2D eigenvalue weighted by Gasteiger charge is -2.15. The summed E-state index contributed by atoms with van der Waals surface area (Å²) in [5.41, 5.74) is 0.903. The zero-order valence-corrected chi connectivity index (χ0v) is 7.58. The van der Waals surface area contributed by atoms with Gasteiger partial charge in [0.2, 0.25) is 0 Å². The molecule has 2 heteroatoms. The molecule has 0 bridgehead atoms. The Kier molecular flexibility index (Phi) is 2.69. The second-order valence-corrected chi connectivity index (χ2v) is 2.89. The molecule has 1 aliphatic heterocycles. The van der Waals surface area contributed by atoms with Gasteiger partial charge in [0.05, 0.1) is 5.70 Å². The first-order chi connectivity index (χ1) is 5.69. The molecule has 1 heterocycles. The third-order valence-corrected chi connectivity index (χ3v) is 1.93. The topological polar surface area (TPSA) is 21.6 Å². The maximum absolute atomic E-state index is 5.49. The van der Waals surface area contributed by atoms with Gasteiger partial charge in [-0.1, -0.05) is 19.1 Å². The van der Waals surface area contributed by atoms with Crippen LogP contribution in [0, 0.1) is 12.8 Å². The van der Waals surface area contributed by atoms with E-state index in [1.165, 1.54) is 0 Å². The number of aliphatic imine (C=N–C) groups is 1. The van der Waals surface area contributed by atoms with Crippen molar-refractivity contribution < 1.29 is 4.74 Å². The van der Waals surface area contributed by atoms with Crippen LogP contribution in [-0.2, 0) is 4.74 Å². The second kappa shape index (κ2) is 3.57. The van der Waals surface area contributed by atoms with Crippen LogP contribution in [0.5, 0.6) is 0 Å². The van der Waals surface area contributed by atoms with Crippen LogP contribution in [0.15, 0.2) is 29.4 Å². The van der Waals surface area contributed by atoms with Crippen molar-refractivity contribution in [2.24, 2.45) is 10.9 Å². The second-order valence-electron chi connectivity index (χ2n) is 2.89. The summed E-state index contributed by atoms with van der Waals surface area (Å²) in [6.45, 7) is 11.3. The fourth-order valence-electron chi connectivity index (χ4n) is 1.18. The normalized spacial score (nSPS) is 28.1. The Hall–Kier alpha value is -1.05. The summed E-state index contributed by atoms with van der Waals surface area (Å²) < 4.78 is 5.49. The zero-order valence-electron chi connectivity index (χ0n) is 7.58. The van der Waals surface area contributed by atoms with Crippen molar-refractivity contribution in [1.82, 2.24) is 0 Å². The van der Waals surface area contributed by atoms with Crippen molar-refractivity contribution in [3.8, 4) is 0 Å². The first-order valence-corrected chi connectivity index (χ1v) is 4.02. The molecule has 0 aromatic heterocycles. The van der Waals surface area contributed by atoms with Crippen LogP contribution in [0.4, 0.5) is 0 Å². The number of hydrogen-bond donors (Lipinski definition) is 0. The molecule has 2 unspecified atom stereocenters. The van der Waals surface area contributed by atoms with Gasteiger partial charge >= 0.3 is 0 Å². The number of ether oxygens (including phenoxy) is 1. The van der Waals surface area contributed by atoms with Crippen molar-refractivity contribution in [3.05, 3.63) is 31.4 Å². The minimum atomic E-state index is 0.0139. The Morgan fingerprint density at radius 2 is 2.33 bits per heavy atom. The lowest BCUT2D eigenvalue weighted by atomic mass is 10.0. The van der Waals surface area contributed by atoms with E-state index in [1.807, 2.05) is 13.0 Å². The summed E-state index contributed by atoms with van der Waals surface area (Å²) in [4.78, 5) is 4.20. The summed E-state index contributed by atoms with van der Waals surface area (Å²) >= 11 is 0. The maximum Gasteiger partial charge on any atom is 0.185 e. The first-order valence-electron chi connectivity index (χ1n) is 4.02. The number of rotatable bonds is 2. The molecule has 0 amide bonds. The third-order valence-electron chi connectivity index (χ3n) is 1.93. The van der Waals surface area contributed by atoms with E-state index in [0.29, 0.717) is 5.90 Å². The van der Waals surface area contributed by atoms with E-state index in [4.69, 9.17) is 4.74 Å². The highest BCUT2D eigenvalue weighted by molar-refractivity contribution is 5.77. The Bertz CT molecular complexity index is 240. The van der Waals surface area contributed by atoms with Crippen molar-refractivity contribution in [2.45, 2.75) is 20.0 Å². The molecule has 0 fully saturated rings. The van der Waals surface area contributed by atoms with Gasteiger partial charge in [-0.2, -0.15) is 0 Å². The molecule has 2 nitrogen and oxygen atoms in total. The van der Waals surface area contributed by atoms with Crippen molar-refractivity contribution in [2.75, 3.05) is 0 Å². The van der Waals surface area contributed by atoms with E-state index < -0.39 is 0 Å². The van der Waals surface area contributed by atoms with E-state index in [2.05, 4.69) is 25.4 Å². The number of hydrogen-bond acceptors (Lipinski definition) is 2. The molecule has 0 aliphatic carbocycles. The monoisotopic (exact) mass is 164 g/mol. The van der Waals surface area contributed by atoms with Crippen LogP contribution < -0.4 is 0 Å². The lowest BCUT2D eigenvalue weighted by Crippen LogP contribution is -2.18. The average Bonchev–Trinajstić information content (AvgIpc) is 2.45. The van der Waals surface area contributed by atoms with E-state index in [-0.39, 0.29) is 12.0 Å². The fourth-order valence-corrected chi connectivity index (χ4v) is 1.18. The standard InChI is InChI=1S/C10H14NO/c1-5-7(3)10-9(6-2)11-8(4)12-10/h5-7,10H,1-2H2,3-4H3/b9-6+. The van der Waals surface area contributed by atoms with Gasteiger partial charge in [-0.25, -0.2) is 4.99 Å². The van der Waals surface area contributed by atoms with Crippen LogP contribution in [0.3, 0.4) is 0 Å². The van der Waals surface area contributed by atoms with Crippen molar-refractivity contribution in [1.29, 1.82) is 0 Å². The van der Waals surface area contributed by atoms with Crippen molar-refractivity contribution >= 4 is 5.90 Å². The van der Waals surface area contributed by atoms with Crippen LogP contribution in [0.1, 0.15) is 13.8 Å². The molecule has 0 saturated heterocycles. The van der Waals surface area contributed by atoms with Crippen LogP contribution in [0.25, 0.3) is 0 Å². The van der Waals surface area contributed by atoms with E-state index in [9.17, 15) is 0 Å². The van der Waals surface area contributed by atoms with Crippen molar-refractivity contribution in [3.63, 3.8) is 0 Å². The Morgan fingerprint density at radius 1 is 1.67 bits per heavy atom. The first kappa shape index (κ1) is 9.04. The van der Waals surface area contributed by atoms with Gasteiger partial charge in [0, 0.05) is 12.8 Å². The molecule has 2 atom stereocenters. The molecule has 1 radical (unpaired) electrons. The highest BCUT2D eigenvalue weighted by Gasteiger charge is 2.26. The Morgan fingerprint density at radius 3 is 2.83 bits per heavy atom. The SMILES string of the molecule is [CH2]/C=C1/N=C(C)OC1C(C)C=C. The summed E-state index contributed by atoms with van der Waals surface area (Å²) in [5, 5.41) is 0. The van der Waals surface area contributed by atoms with Gasteiger partial charge in [0.25, 0.3) is 0 Å². The third kappa shape index (κ3) is 1.58. The average molecular weight is 164 g/mol. The van der Waals surface area contributed by atoms with Gasteiger partial charge < -0.3 is 4.74 Å². The van der Waals surface area contributed by atoms with Crippen LogP contribution >= 0.6 is 0 Å². The highest BCUT2D eigenvalue weighted by atomic mass is 16.5. The van der Waals surface area contributed by atoms with E-state index in [0.717, 1.165) is 5.70 Å². The number of nitrogens with zero attached hydrogens (tertiary/aromatic N) is 1. The lowest BCUT2D eigenvalue weighted by molar-refractivity contribution is 0.204.